The number of hydrogen-bond donors (Lipinski definition) is 2. The average molecular weight is 358 g/mol. The summed E-state index contributed by atoms with van der Waals surface area (Å²) in [6, 6.07) is 1.58. The minimum atomic E-state index is -0.381. The molecule has 0 bridgehead atoms. The Morgan fingerprint density at radius 2 is 1.92 bits per heavy atom. The van der Waals surface area contributed by atoms with Gasteiger partial charge in [-0.25, -0.2) is 0 Å². The summed E-state index contributed by atoms with van der Waals surface area (Å²) >= 11 is 0. The van der Waals surface area contributed by atoms with E-state index in [4.69, 9.17) is 4.74 Å². The molecule has 1 aliphatic heterocycles. The average Bonchev–Trinajstić information content (AvgIpc) is 2.94. The SMILES string of the molecule is C[C@@H]1CCC2C(C)(C)CCCC2(C)[C@@]12Cc1cc(O)c(O)c(C=O)c1O2. The number of aromatic hydroxyl groups is 2. The molecule has 1 aromatic rings. The Bertz CT molecular complexity index is 768. The molecule has 1 heterocycles. The molecule has 2 unspecified atom stereocenters. The van der Waals surface area contributed by atoms with Gasteiger partial charge < -0.3 is 14.9 Å². The number of rotatable bonds is 1. The topological polar surface area (TPSA) is 66.8 Å². The molecule has 0 aromatic heterocycles. The van der Waals surface area contributed by atoms with Crippen LogP contribution in [0.25, 0.3) is 0 Å². The summed E-state index contributed by atoms with van der Waals surface area (Å²) in [5.41, 5.74) is 0.838. The molecule has 0 radical (unpaired) electrons. The molecular weight excluding hydrogens is 328 g/mol. The lowest BCUT2D eigenvalue weighted by Crippen LogP contribution is -2.64. The molecule has 2 aliphatic carbocycles. The van der Waals surface area contributed by atoms with Gasteiger partial charge in [-0.15, -0.1) is 0 Å². The van der Waals surface area contributed by atoms with Crippen molar-refractivity contribution in [1.82, 2.24) is 0 Å². The first-order chi connectivity index (χ1) is 12.2. The van der Waals surface area contributed by atoms with Crippen LogP contribution < -0.4 is 4.74 Å². The molecule has 4 rings (SSSR count). The lowest BCUT2D eigenvalue weighted by atomic mass is 9.44. The van der Waals surface area contributed by atoms with Gasteiger partial charge in [-0.05, 0) is 49.0 Å². The quantitative estimate of drug-likeness (QED) is 0.556. The third kappa shape index (κ3) is 2.04. The fourth-order valence-electron chi connectivity index (χ4n) is 6.72. The highest BCUT2D eigenvalue weighted by Crippen LogP contribution is 2.66. The van der Waals surface area contributed by atoms with Crippen LogP contribution in [0.5, 0.6) is 17.2 Å². The van der Waals surface area contributed by atoms with Gasteiger partial charge in [0, 0.05) is 17.4 Å². The largest absolute Gasteiger partial charge is 0.504 e. The van der Waals surface area contributed by atoms with E-state index in [1.165, 1.54) is 19.3 Å². The zero-order chi connectivity index (χ0) is 18.9. The van der Waals surface area contributed by atoms with Crippen molar-refractivity contribution in [2.45, 2.75) is 71.8 Å². The van der Waals surface area contributed by atoms with Gasteiger partial charge in [0.1, 0.15) is 16.9 Å². The number of hydrogen-bond acceptors (Lipinski definition) is 4. The normalized spacial score (nSPS) is 37.7. The van der Waals surface area contributed by atoms with Crippen molar-refractivity contribution in [2.75, 3.05) is 0 Å². The summed E-state index contributed by atoms with van der Waals surface area (Å²) < 4.78 is 6.67. The van der Waals surface area contributed by atoms with Crippen LogP contribution in [0, 0.1) is 22.7 Å². The zero-order valence-electron chi connectivity index (χ0n) is 16.3. The summed E-state index contributed by atoms with van der Waals surface area (Å²) in [5, 5.41) is 20.2. The standard InChI is InChI=1S/C22H30O4/c1-13-6-7-17-20(2,3)8-5-9-21(17,4)22(13)11-14-10-16(24)18(25)15(12-23)19(14)26-22/h10,12-13,17,24-25H,5-9,11H2,1-4H3/t13-,17?,21?,22-/m1/s1. The van der Waals surface area contributed by atoms with Gasteiger partial charge in [0.25, 0.3) is 0 Å². The molecular formula is C22H30O4. The Labute approximate surface area is 155 Å². The van der Waals surface area contributed by atoms with E-state index in [9.17, 15) is 15.0 Å². The zero-order valence-corrected chi connectivity index (χ0v) is 16.3. The second kappa shape index (κ2) is 5.40. The third-order valence-corrected chi connectivity index (χ3v) is 8.08. The van der Waals surface area contributed by atoms with Crippen LogP contribution in [0.2, 0.25) is 0 Å². The summed E-state index contributed by atoms with van der Waals surface area (Å²) in [5.74, 6) is 0.794. The maximum Gasteiger partial charge on any atom is 0.171 e. The molecule has 4 heteroatoms. The molecule has 142 valence electrons. The molecule has 26 heavy (non-hydrogen) atoms. The van der Waals surface area contributed by atoms with Gasteiger partial charge in [-0.2, -0.15) is 0 Å². The lowest BCUT2D eigenvalue weighted by Gasteiger charge is -2.63. The van der Waals surface area contributed by atoms with E-state index >= 15 is 0 Å². The number of phenols is 2. The monoisotopic (exact) mass is 358 g/mol. The molecule has 2 fully saturated rings. The van der Waals surface area contributed by atoms with E-state index in [0.717, 1.165) is 18.4 Å². The fraction of sp³-hybridized carbons (Fsp3) is 0.682. The Morgan fingerprint density at radius 1 is 1.19 bits per heavy atom. The lowest BCUT2D eigenvalue weighted by molar-refractivity contribution is -0.184. The number of ether oxygens (including phenoxy) is 1. The number of aldehydes is 1. The van der Waals surface area contributed by atoms with Crippen molar-refractivity contribution in [3.05, 3.63) is 17.2 Å². The Kier molecular flexibility index (Phi) is 3.67. The van der Waals surface area contributed by atoms with Gasteiger partial charge >= 0.3 is 0 Å². The Morgan fingerprint density at radius 3 is 2.62 bits per heavy atom. The minimum Gasteiger partial charge on any atom is -0.504 e. The van der Waals surface area contributed by atoms with Crippen molar-refractivity contribution in [3.8, 4) is 17.2 Å². The summed E-state index contributed by atoms with van der Waals surface area (Å²) in [6.07, 6.45) is 7.16. The van der Waals surface area contributed by atoms with Gasteiger partial charge in [0.15, 0.2) is 17.8 Å². The highest BCUT2D eigenvalue weighted by molar-refractivity contribution is 5.86. The highest BCUT2D eigenvalue weighted by Gasteiger charge is 2.65. The second-order valence-corrected chi connectivity index (χ2v) is 9.72. The molecule has 1 spiro atoms. The predicted octanol–water partition coefficient (Wildman–Crippen LogP) is 4.85. The van der Waals surface area contributed by atoms with Crippen LogP contribution in [-0.4, -0.2) is 22.1 Å². The molecule has 2 N–H and O–H groups in total. The molecule has 3 aliphatic rings. The van der Waals surface area contributed by atoms with E-state index in [2.05, 4.69) is 27.7 Å². The fourth-order valence-corrected chi connectivity index (χ4v) is 6.72. The summed E-state index contributed by atoms with van der Waals surface area (Å²) in [7, 11) is 0. The van der Waals surface area contributed by atoms with Gasteiger partial charge in [-0.1, -0.05) is 34.1 Å². The van der Waals surface area contributed by atoms with Crippen LogP contribution in [0.15, 0.2) is 6.07 Å². The van der Waals surface area contributed by atoms with Crippen LogP contribution in [-0.2, 0) is 6.42 Å². The highest BCUT2D eigenvalue weighted by atomic mass is 16.5. The third-order valence-electron chi connectivity index (χ3n) is 8.08. The van der Waals surface area contributed by atoms with Gasteiger partial charge in [-0.3, -0.25) is 4.79 Å². The van der Waals surface area contributed by atoms with Crippen LogP contribution >= 0.6 is 0 Å². The molecule has 4 nitrogen and oxygen atoms in total. The first-order valence-electron chi connectivity index (χ1n) is 9.88. The summed E-state index contributed by atoms with van der Waals surface area (Å²) in [6.45, 7) is 9.40. The van der Waals surface area contributed by atoms with Gasteiger partial charge in [0.2, 0.25) is 0 Å². The van der Waals surface area contributed by atoms with Crippen molar-refractivity contribution >= 4 is 6.29 Å². The van der Waals surface area contributed by atoms with Crippen LogP contribution in [0.4, 0.5) is 0 Å². The maximum absolute atomic E-state index is 11.6. The molecule has 2 saturated carbocycles. The Balaban J connectivity index is 1.86. The van der Waals surface area contributed by atoms with E-state index in [1.807, 2.05) is 0 Å². The number of phenolic OH excluding ortho intramolecular Hbond substituents is 2. The van der Waals surface area contributed by atoms with E-state index in [-0.39, 0.29) is 33.5 Å². The first-order valence-corrected chi connectivity index (χ1v) is 9.88. The maximum atomic E-state index is 11.6. The number of carbonyl (C=O) groups is 1. The van der Waals surface area contributed by atoms with E-state index in [1.54, 1.807) is 6.07 Å². The molecule has 0 amide bonds. The summed E-state index contributed by atoms with van der Waals surface area (Å²) in [4.78, 5) is 11.6. The number of benzene rings is 1. The van der Waals surface area contributed by atoms with Crippen molar-refractivity contribution in [2.24, 2.45) is 22.7 Å². The van der Waals surface area contributed by atoms with Crippen molar-refractivity contribution in [3.63, 3.8) is 0 Å². The van der Waals surface area contributed by atoms with Crippen molar-refractivity contribution < 1.29 is 19.7 Å². The molecule has 1 aromatic carbocycles. The minimum absolute atomic E-state index is 0.0107. The number of fused-ring (bicyclic) bond motifs is 3. The van der Waals surface area contributed by atoms with Crippen LogP contribution in [0.1, 0.15) is 75.7 Å². The predicted molar refractivity (Wildman–Crippen MR) is 99.8 cm³/mol. The van der Waals surface area contributed by atoms with Crippen molar-refractivity contribution in [1.29, 1.82) is 0 Å². The first kappa shape index (κ1) is 17.7. The number of carbonyl (C=O) groups excluding carboxylic acids is 1. The Hall–Kier alpha value is -1.71. The smallest absolute Gasteiger partial charge is 0.171 e. The van der Waals surface area contributed by atoms with E-state index in [0.29, 0.717) is 30.3 Å². The van der Waals surface area contributed by atoms with Crippen LogP contribution in [0.3, 0.4) is 0 Å². The second-order valence-electron chi connectivity index (χ2n) is 9.72. The molecule has 0 saturated heterocycles. The van der Waals surface area contributed by atoms with E-state index < -0.39 is 0 Å². The van der Waals surface area contributed by atoms with Gasteiger partial charge in [0.05, 0.1) is 0 Å². The molecule has 4 atom stereocenters.